The van der Waals surface area contributed by atoms with Gasteiger partial charge >= 0.3 is 0 Å². The predicted molar refractivity (Wildman–Crippen MR) is 84.9 cm³/mol. The molecule has 2 aromatic rings. The van der Waals surface area contributed by atoms with Crippen LogP contribution in [-0.2, 0) is 11.3 Å². The Kier molecular flexibility index (Phi) is 5.72. The molecule has 0 aromatic heterocycles. The molecule has 0 atom stereocenters. The first-order valence-electron chi connectivity index (χ1n) is 7.10. The van der Waals surface area contributed by atoms with Crippen molar-refractivity contribution in [3.8, 4) is 5.75 Å². The zero-order chi connectivity index (χ0) is 15.8. The number of rotatable bonds is 6. The van der Waals surface area contributed by atoms with Gasteiger partial charge in [0.25, 0.3) is 0 Å². The number of ether oxygens (including phenoxy) is 1. The van der Waals surface area contributed by atoms with Gasteiger partial charge in [-0.1, -0.05) is 24.3 Å². The molecular weight excluding hydrogens is 281 g/mol. The highest BCUT2D eigenvalue weighted by molar-refractivity contribution is 5.91. The smallest absolute Gasteiger partial charge is 0.244 e. The van der Waals surface area contributed by atoms with E-state index in [2.05, 4.69) is 5.32 Å². The Balaban J connectivity index is 1.84. The van der Waals surface area contributed by atoms with Gasteiger partial charge in [0.2, 0.25) is 5.91 Å². The lowest BCUT2D eigenvalue weighted by atomic mass is 10.2. The van der Waals surface area contributed by atoms with E-state index in [1.54, 1.807) is 18.2 Å². The molecule has 0 aliphatic rings. The molecule has 0 saturated carbocycles. The van der Waals surface area contributed by atoms with E-state index in [4.69, 9.17) is 4.74 Å². The quantitative estimate of drug-likeness (QED) is 0.828. The molecule has 0 spiro atoms. The fourth-order valence-corrected chi connectivity index (χ4v) is 1.86. The van der Waals surface area contributed by atoms with Crippen molar-refractivity contribution in [2.75, 3.05) is 6.61 Å². The van der Waals surface area contributed by atoms with Crippen LogP contribution in [0.2, 0.25) is 0 Å². The van der Waals surface area contributed by atoms with Gasteiger partial charge in [0, 0.05) is 12.6 Å². The first-order chi connectivity index (χ1) is 10.7. The van der Waals surface area contributed by atoms with Gasteiger partial charge in [-0.2, -0.15) is 0 Å². The fourth-order valence-electron chi connectivity index (χ4n) is 1.86. The van der Waals surface area contributed by atoms with E-state index in [1.807, 2.05) is 31.2 Å². The molecule has 114 valence electrons. The second-order valence-corrected chi connectivity index (χ2v) is 4.68. The lowest BCUT2D eigenvalue weighted by Gasteiger charge is -2.03. The molecule has 1 N–H and O–H groups in total. The van der Waals surface area contributed by atoms with Gasteiger partial charge in [0.1, 0.15) is 11.6 Å². The number of carbonyl (C=O) groups is 1. The summed E-state index contributed by atoms with van der Waals surface area (Å²) in [5.74, 6) is 0.323. The third kappa shape index (κ3) is 5.05. The maximum atomic E-state index is 12.8. The zero-order valence-electron chi connectivity index (χ0n) is 12.4. The number of amides is 1. The number of hydrogen-bond donors (Lipinski definition) is 1. The molecule has 1 amide bonds. The molecule has 3 nitrogen and oxygen atoms in total. The number of halogens is 1. The van der Waals surface area contributed by atoms with Crippen molar-refractivity contribution in [3.63, 3.8) is 0 Å². The Morgan fingerprint density at radius 3 is 2.45 bits per heavy atom. The second kappa shape index (κ2) is 7.98. The van der Waals surface area contributed by atoms with E-state index in [-0.39, 0.29) is 11.7 Å². The maximum Gasteiger partial charge on any atom is 0.244 e. The van der Waals surface area contributed by atoms with Crippen molar-refractivity contribution in [3.05, 3.63) is 71.6 Å². The lowest BCUT2D eigenvalue weighted by molar-refractivity contribution is -0.116. The molecule has 0 fully saturated rings. The van der Waals surface area contributed by atoms with Crippen LogP contribution in [0.1, 0.15) is 18.1 Å². The summed E-state index contributed by atoms with van der Waals surface area (Å²) in [6.07, 6.45) is 3.20. The Labute approximate surface area is 129 Å². The number of carbonyl (C=O) groups excluding carboxylic acids is 1. The number of nitrogens with one attached hydrogen (secondary N) is 1. The summed E-state index contributed by atoms with van der Waals surface area (Å²) in [4.78, 5) is 11.7. The Hall–Kier alpha value is -2.62. The summed E-state index contributed by atoms with van der Waals surface area (Å²) in [6.45, 7) is 2.92. The van der Waals surface area contributed by atoms with Crippen molar-refractivity contribution >= 4 is 12.0 Å². The van der Waals surface area contributed by atoms with E-state index in [9.17, 15) is 9.18 Å². The van der Waals surface area contributed by atoms with Gasteiger partial charge in [-0.15, -0.1) is 0 Å². The van der Waals surface area contributed by atoms with E-state index >= 15 is 0 Å². The summed E-state index contributed by atoms with van der Waals surface area (Å²) in [7, 11) is 0. The minimum Gasteiger partial charge on any atom is -0.494 e. The van der Waals surface area contributed by atoms with Crippen LogP contribution in [0.4, 0.5) is 4.39 Å². The average Bonchev–Trinajstić information content (AvgIpc) is 2.54. The predicted octanol–water partition coefficient (Wildman–Crippen LogP) is 3.55. The Morgan fingerprint density at radius 2 is 1.82 bits per heavy atom. The molecule has 0 aliphatic heterocycles. The SMILES string of the molecule is CCOc1ccc(/C=C/C(=O)NCc2ccc(F)cc2)cc1. The van der Waals surface area contributed by atoms with E-state index < -0.39 is 0 Å². The highest BCUT2D eigenvalue weighted by Gasteiger charge is 1.98. The van der Waals surface area contributed by atoms with E-state index in [1.165, 1.54) is 18.2 Å². The van der Waals surface area contributed by atoms with Crippen LogP contribution in [0, 0.1) is 5.82 Å². The van der Waals surface area contributed by atoms with Crippen LogP contribution in [0.15, 0.2) is 54.6 Å². The average molecular weight is 299 g/mol. The second-order valence-electron chi connectivity index (χ2n) is 4.68. The summed E-state index contributed by atoms with van der Waals surface area (Å²) in [5.41, 5.74) is 1.77. The molecule has 0 aliphatic carbocycles. The summed E-state index contributed by atoms with van der Waals surface area (Å²) in [5, 5.41) is 2.75. The molecule has 0 unspecified atom stereocenters. The molecular formula is C18H18FNO2. The van der Waals surface area contributed by atoms with Crippen LogP contribution in [0.25, 0.3) is 6.08 Å². The topological polar surface area (TPSA) is 38.3 Å². The molecule has 2 rings (SSSR count). The van der Waals surface area contributed by atoms with Crippen molar-refractivity contribution in [1.82, 2.24) is 5.32 Å². The van der Waals surface area contributed by atoms with Crippen molar-refractivity contribution in [2.45, 2.75) is 13.5 Å². The largest absolute Gasteiger partial charge is 0.494 e. The standard InChI is InChI=1S/C18H18FNO2/c1-2-22-17-10-5-14(6-11-17)7-12-18(21)20-13-15-3-8-16(19)9-4-15/h3-12H,2,13H2,1H3,(H,20,21)/b12-7+. The van der Waals surface area contributed by atoms with Gasteiger partial charge in [0.05, 0.1) is 6.61 Å². The molecule has 0 radical (unpaired) electrons. The summed E-state index contributed by atoms with van der Waals surface area (Å²) < 4.78 is 18.1. The highest BCUT2D eigenvalue weighted by Crippen LogP contribution is 2.13. The van der Waals surface area contributed by atoms with Gasteiger partial charge in [-0.05, 0) is 48.4 Å². The lowest BCUT2D eigenvalue weighted by Crippen LogP contribution is -2.20. The van der Waals surface area contributed by atoms with Crippen LogP contribution in [0.3, 0.4) is 0 Å². The van der Waals surface area contributed by atoms with Gasteiger partial charge < -0.3 is 10.1 Å². The van der Waals surface area contributed by atoms with Crippen LogP contribution in [-0.4, -0.2) is 12.5 Å². The third-order valence-electron chi connectivity index (χ3n) is 3.00. The molecule has 0 heterocycles. The van der Waals surface area contributed by atoms with Gasteiger partial charge in [-0.3, -0.25) is 4.79 Å². The monoisotopic (exact) mass is 299 g/mol. The highest BCUT2D eigenvalue weighted by atomic mass is 19.1. The van der Waals surface area contributed by atoms with Crippen molar-refractivity contribution < 1.29 is 13.9 Å². The number of hydrogen-bond acceptors (Lipinski definition) is 2. The van der Waals surface area contributed by atoms with Gasteiger partial charge in [0.15, 0.2) is 0 Å². The van der Waals surface area contributed by atoms with Crippen LogP contribution < -0.4 is 10.1 Å². The van der Waals surface area contributed by atoms with Crippen molar-refractivity contribution in [2.24, 2.45) is 0 Å². The molecule has 22 heavy (non-hydrogen) atoms. The summed E-state index contributed by atoms with van der Waals surface area (Å²) in [6, 6.07) is 13.5. The van der Waals surface area contributed by atoms with E-state index in [0.29, 0.717) is 13.2 Å². The molecule has 4 heteroatoms. The van der Waals surface area contributed by atoms with Crippen LogP contribution >= 0.6 is 0 Å². The molecule has 2 aromatic carbocycles. The van der Waals surface area contributed by atoms with Crippen molar-refractivity contribution in [1.29, 1.82) is 0 Å². The molecule has 0 saturated heterocycles. The fraction of sp³-hybridized carbons (Fsp3) is 0.167. The number of benzene rings is 2. The third-order valence-corrected chi connectivity index (χ3v) is 3.00. The maximum absolute atomic E-state index is 12.8. The Bertz CT molecular complexity index is 633. The first-order valence-corrected chi connectivity index (χ1v) is 7.10. The van der Waals surface area contributed by atoms with Gasteiger partial charge in [-0.25, -0.2) is 4.39 Å². The van der Waals surface area contributed by atoms with Crippen LogP contribution in [0.5, 0.6) is 5.75 Å². The Morgan fingerprint density at radius 1 is 1.14 bits per heavy atom. The molecule has 0 bridgehead atoms. The minimum atomic E-state index is -0.287. The first kappa shape index (κ1) is 15.8. The zero-order valence-corrected chi connectivity index (χ0v) is 12.4. The minimum absolute atomic E-state index is 0.196. The normalized spacial score (nSPS) is 10.6. The summed E-state index contributed by atoms with van der Waals surface area (Å²) >= 11 is 0. The van der Waals surface area contributed by atoms with E-state index in [0.717, 1.165) is 16.9 Å².